The van der Waals surface area contributed by atoms with E-state index in [0.717, 1.165) is 16.2 Å². The quantitative estimate of drug-likeness (QED) is 0.433. The maximum absolute atomic E-state index is 12.6. The van der Waals surface area contributed by atoms with Crippen molar-refractivity contribution in [2.75, 3.05) is 7.11 Å². The van der Waals surface area contributed by atoms with Gasteiger partial charge in [-0.15, -0.1) is 5.10 Å². The average Bonchev–Trinajstić information content (AvgIpc) is 3.25. The largest absolute Gasteiger partial charge is 0.497 e. The molecule has 0 spiro atoms. The highest BCUT2D eigenvalue weighted by Gasteiger charge is 2.51. The van der Waals surface area contributed by atoms with Gasteiger partial charge in [-0.2, -0.15) is 0 Å². The summed E-state index contributed by atoms with van der Waals surface area (Å²) in [6, 6.07) is 7.27. The fraction of sp³-hybridized carbons (Fsp3) is 0.263. The number of β-lactam (4-membered cyclic amide) rings is 1. The molecule has 0 unspecified atom stereocenters. The van der Waals surface area contributed by atoms with Crippen LogP contribution in [0.15, 0.2) is 46.6 Å². The number of aryl methyl sites for hydroxylation is 1. The van der Waals surface area contributed by atoms with Crippen molar-refractivity contribution >= 4 is 29.7 Å². The number of benzene rings is 1. The standard InChI is InChI=1S/C19H18N4O4S/c1-11-16(19(25)27-10-12-4-6-14(26-3)7-5-12)23-17(24)15(18(23)28-11)8-13-9-22(2)21-20-13/h4-9,18H,10H2,1-3H3/t18-/m1/s1. The summed E-state index contributed by atoms with van der Waals surface area (Å²) in [5.41, 5.74) is 2.36. The molecule has 28 heavy (non-hydrogen) atoms. The van der Waals surface area contributed by atoms with Gasteiger partial charge in [0.15, 0.2) is 0 Å². The molecule has 1 atom stereocenters. The molecule has 2 aromatic rings. The van der Waals surface area contributed by atoms with Crippen molar-refractivity contribution in [3.63, 3.8) is 0 Å². The predicted octanol–water partition coefficient (Wildman–Crippen LogP) is 2.10. The van der Waals surface area contributed by atoms with Gasteiger partial charge in [0, 0.05) is 12.0 Å². The van der Waals surface area contributed by atoms with Crippen LogP contribution in [-0.4, -0.2) is 44.3 Å². The molecular weight excluding hydrogens is 380 g/mol. The third-order valence-electron chi connectivity index (χ3n) is 4.48. The molecule has 9 heteroatoms. The molecule has 1 saturated heterocycles. The van der Waals surface area contributed by atoms with Crippen LogP contribution in [0, 0.1) is 0 Å². The minimum absolute atomic E-state index is 0.124. The van der Waals surface area contributed by atoms with Crippen molar-refractivity contribution in [2.24, 2.45) is 7.05 Å². The van der Waals surface area contributed by atoms with Crippen LogP contribution in [0.2, 0.25) is 0 Å². The van der Waals surface area contributed by atoms with Crippen LogP contribution < -0.4 is 4.74 Å². The van der Waals surface area contributed by atoms with Crippen LogP contribution in [0.3, 0.4) is 0 Å². The number of ether oxygens (including phenoxy) is 2. The van der Waals surface area contributed by atoms with Crippen LogP contribution in [0.4, 0.5) is 0 Å². The minimum Gasteiger partial charge on any atom is -0.497 e. The Morgan fingerprint density at radius 3 is 2.71 bits per heavy atom. The fourth-order valence-corrected chi connectivity index (χ4v) is 4.29. The fourth-order valence-electron chi connectivity index (χ4n) is 3.06. The van der Waals surface area contributed by atoms with E-state index >= 15 is 0 Å². The van der Waals surface area contributed by atoms with E-state index in [1.165, 1.54) is 16.7 Å². The predicted molar refractivity (Wildman–Crippen MR) is 103 cm³/mol. The highest BCUT2D eigenvalue weighted by atomic mass is 32.2. The maximum atomic E-state index is 12.6. The van der Waals surface area contributed by atoms with Gasteiger partial charge in [-0.05, 0) is 30.7 Å². The molecule has 1 fully saturated rings. The number of fused-ring (bicyclic) bond motifs is 1. The first kappa shape index (κ1) is 18.3. The van der Waals surface area contributed by atoms with Gasteiger partial charge in [0.05, 0.1) is 18.9 Å². The van der Waals surface area contributed by atoms with E-state index in [1.54, 1.807) is 43.2 Å². The van der Waals surface area contributed by atoms with E-state index in [-0.39, 0.29) is 17.9 Å². The number of carbonyl (C=O) groups excluding carboxylic acids is 2. The zero-order chi connectivity index (χ0) is 19.8. The minimum atomic E-state index is -0.504. The van der Waals surface area contributed by atoms with Crippen molar-refractivity contribution < 1.29 is 19.1 Å². The first-order chi connectivity index (χ1) is 13.5. The molecule has 8 nitrogen and oxygen atoms in total. The van der Waals surface area contributed by atoms with Crippen LogP contribution in [0.5, 0.6) is 5.75 Å². The van der Waals surface area contributed by atoms with Gasteiger partial charge >= 0.3 is 5.97 Å². The van der Waals surface area contributed by atoms with E-state index < -0.39 is 5.97 Å². The lowest BCUT2D eigenvalue weighted by Crippen LogP contribution is -2.51. The summed E-state index contributed by atoms with van der Waals surface area (Å²) < 4.78 is 12.1. The van der Waals surface area contributed by atoms with E-state index in [1.807, 2.05) is 19.1 Å². The Hall–Kier alpha value is -3.07. The summed E-state index contributed by atoms with van der Waals surface area (Å²) in [6.45, 7) is 1.94. The molecule has 0 bridgehead atoms. The number of methoxy groups -OCH3 is 1. The Bertz CT molecular complexity index is 1010. The number of thioether (sulfide) groups is 1. The summed E-state index contributed by atoms with van der Waals surface area (Å²) in [7, 11) is 3.35. The number of esters is 1. The summed E-state index contributed by atoms with van der Waals surface area (Å²) in [5.74, 6) is 0.0175. The number of allylic oxidation sites excluding steroid dienone is 1. The van der Waals surface area contributed by atoms with Crippen molar-refractivity contribution in [3.05, 3.63) is 57.9 Å². The lowest BCUT2D eigenvalue weighted by molar-refractivity contribution is -0.146. The number of amides is 1. The Kier molecular flexibility index (Phi) is 4.68. The van der Waals surface area contributed by atoms with Gasteiger partial charge < -0.3 is 9.47 Å². The molecule has 0 radical (unpaired) electrons. The van der Waals surface area contributed by atoms with Crippen molar-refractivity contribution in [2.45, 2.75) is 18.9 Å². The lowest BCUT2D eigenvalue weighted by Gasteiger charge is -2.37. The number of hydrogen-bond donors (Lipinski definition) is 0. The van der Waals surface area contributed by atoms with Crippen molar-refractivity contribution in [3.8, 4) is 5.75 Å². The first-order valence-corrected chi connectivity index (χ1v) is 9.45. The molecule has 144 valence electrons. The van der Waals surface area contributed by atoms with Gasteiger partial charge in [0.25, 0.3) is 5.91 Å². The molecular formula is C19H18N4O4S. The zero-order valence-electron chi connectivity index (χ0n) is 15.6. The topological polar surface area (TPSA) is 86.5 Å². The SMILES string of the molecule is COc1ccc(COC(=O)C2=C(C)S[C@@H]3C(=Cc4cn(C)nn4)C(=O)N23)cc1. The molecule has 1 amide bonds. The number of aromatic nitrogens is 3. The zero-order valence-corrected chi connectivity index (χ0v) is 16.4. The van der Waals surface area contributed by atoms with Crippen LogP contribution in [0.25, 0.3) is 6.08 Å². The van der Waals surface area contributed by atoms with Crippen molar-refractivity contribution in [1.82, 2.24) is 19.9 Å². The smallest absolute Gasteiger partial charge is 0.356 e. The molecule has 2 aliphatic rings. The van der Waals surface area contributed by atoms with E-state index in [4.69, 9.17) is 9.47 Å². The molecule has 1 aromatic heterocycles. The Morgan fingerprint density at radius 2 is 2.07 bits per heavy atom. The first-order valence-electron chi connectivity index (χ1n) is 8.57. The molecule has 0 saturated carbocycles. The number of rotatable bonds is 5. The van der Waals surface area contributed by atoms with Gasteiger partial charge in [-0.25, -0.2) is 4.79 Å². The number of carbonyl (C=O) groups is 2. The second-order valence-electron chi connectivity index (χ2n) is 6.39. The summed E-state index contributed by atoms with van der Waals surface area (Å²) in [5, 5.41) is 7.61. The third-order valence-corrected chi connectivity index (χ3v) is 5.71. The summed E-state index contributed by atoms with van der Waals surface area (Å²) in [6.07, 6.45) is 3.44. The number of hydrogen-bond acceptors (Lipinski definition) is 7. The second-order valence-corrected chi connectivity index (χ2v) is 7.69. The van der Waals surface area contributed by atoms with E-state index in [9.17, 15) is 9.59 Å². The Balaban J connectivity index is 1.44. The van der Waals surface area contributed by atoms with E-state index in [0.29, 0.717) is 17.0 Å². The molecule has 1 aromatic carbocycles. The molecule has 2 aliphatic heterocycles. The van der Waals surface area contributed by atoms with Gasteiger partial charge in [0.1, 0.15) is 29.1 Å². The maximum Gasteiger partial charge on any atom is 0.356 e. The Labute approximate surface area is 165 Å². The van der Waals surface area contributed by atoms with E-state index in [2.05, 4.69) is 10.3 Å². The second kappa shape index (κ2) is 7.16. The third kappa shape index (κ3) is 3.18. The highest BCUT2D eigenvalue weighted by Crippen LogP contribution is 2.49. The molecule has 0 aliphatic carbocycles. The highest BCUT2D eigenvalue weighted by molar-refractivity contribution is 8.04. The van der Waals surface area contributed by atoms with Gasteiger partial charge in [0.2, 0.25) is 0 Å². The molecule has 0 N–H and O–H groups in total. The van der Waals surface area contributed by atoms with Gasteiger partial charge in [-0.3, -0.25) is 14.4 Å². The van der Waals surface area contributed by atoms with Crippen LogP contribution >= 0.6 is 11.8 Å². The number of nitrogens with zero attached hydrogens (tertiary/aromatic N) is 4. The van der Waals surface area contributed by atoms with Crippen LogP contribution in [-0.2, 0) is 28.0 Å². The molecule has 4 rings (SSSR count). The lowest BCUT2D eigenvalue weighted by atomic mass is 10.0. The average molecular weight is 398 g/mol. The normalized spacial score (nSPS) is 19.7. The summed E-state index contributed by atoms with van der Waals surface area (Å²) >= 11 is 1.46. The monoisotopic (exact) mass is 398 g/mol. The van der Waals surface area contributed by atoms with Crippen molar-refractivity contribution in [1.29, 1.82) is 0 Å². The Morgan fingerprint density at radius 1 is 1.32 bits per heavy atom. The van der Waals surface area contributed by atoms with Crippen LogP contribution in [0.1, 0.15) is 18.2 Å². The summed E-state index contributed by atoms with van der Waals surface area (Å²) in [4.78, 5) is 27.4. The van der Waals surface area contributed by atoms with Gasteiger partial charge in [-0.1, -0.05) is 29.1 Å². The molecule has 3 heterocycles.